The topological polar surface area (TPSA) is 74.2 Å². The summed E-state index contributed by atoms with van der Waals surface area (Å²) >= 11 is 7.20. The van der Waals surface area contributed by atoms with E-state index in [9.17, 15) is 4.79 Å². The Morgan fingerprint density at radius 2 is 2.17 bits per heavy atom. The Labute approximate surface area is 143 Å². The number of carbonyl (C=O) groups is 1. The molecule has 23 heavy (non-hydrogen) atoms. The van der Waals surface area contributed by atoms with Crippen molar-refractivity contribution in [2.75, 3.05) is 18.5 Å². The maximum atomic E-state index is 11.6. The number of hydrogen-bond donors (Lipinski definition) is 3. The lowest BCUT2D eigenvalue weighted by Crippen LogP contribution is -2.31. The second-order valence-corrected chi connectivity index (χ2v) is 6.21. The standard InChI is InChI=1S/C16H16ClN3O2S/c1-3-16(2,11-4-6-12(17)7-5-11)13-10-23-15(19-13)20-14(22)18-8-9-21/h1,4-7,10,21H,8-9H2,2H3,(H2,18,19,20,22)/t16-/m1/s1. The minimum Gasteiger partial charge on any atom is -0.395 e. The van der Waals surface area contributed by atoms with Crippen LogP contribution in [0.5, 0.6) is 0 Å². The zero-order valence-corrected chi connectivity index (χ0v) is 14.0. The molecule has 1 aromatic heterocycles. The highest BCUT2D eigenvalue weighted by Crippen LogP contribution is 2.33. The molecule has 0 radical (unpaired) electrons. The van der Waals surface area contributed by atoms with E-state index in [1.54, 1.807) is 12.1 Å². The van der Waals surface area contributed by atoms with Gasteiger partial charge in [-0.2, -0.15) is 0 Å². The number of urea groups is 1. The number of rotatable bonds is 5. The molecule has 2 aromatic rings. The number of aromatic nitrogens is 1. The zero-order chi connectivity index (χ0) is 16.9. The van der Waals surface area contributed by atoms with E-state index in [1.165, 1.54) is 11.3 Å². The molecule has 3 N–H and O–H groups in total. The van der Waals surface area contributed by atoms with Crippen LogP contribution in [0, 0.1) is 12.3 Å². The van der Waals surface area contributed by atoms with Crippen molar-refractivity contribution in [2.24, 2.45) is 0 Å². The normalized spacial score (nSPS) is 13.0. The highest BCUT2D eigenvalue weighted by Gasteiger charge is 2.29. The number of nitrogens with one attached hydrogen (secondary N) is 2. The van der Waals surface area contributed by atoms with E-state index in [-0.39, 0.29) is 13.2 Å². The quantitative estimate of drug-likeness (QED) is 0.727. The molecular weight excluding hydrogens is 334 g/mol. The molecule has 0 unspecified atom stereocenters. The molecular formula is C16H16ClN3O2S. The number of halogens is 1. The summed E-state index contributed by atoms with van der Waals surface area (Å²) in [6.45, 7) is 1.94. The van der Waals surface area contributed by atoms with Crippen molar-refractivity contribution in [2.45, 2.75) is 12.3 Å². The summed E-state index contributed by atoms with van der Waals surface area (Å²) < 4.78 is 0. The molecule has 0 aliphatic carbocycles. The Morgan fingerprint density at radius 1 is 1.48 bits per heavy atom. The zero-order valence-electron chi connectivity index (χ0n) is 12.5. The van der Waals surface area contributed by atoms with Gasteiger partial charge in [-0.25, -0.2) is 9.78 Å². The Balaban J connectivity index is 2.21. The lowest BCUT2D eigenvalue weighted by atomic mass is 9.81. The summed E-state index contributed by atoms with van der Waals surface area (Å²) in [7, 11) is 0. The first kappa shape index (κ1) is 17.3. The molecule has 1 heterocycles. The molecule has 2 amide bonds. The van der Waals surface area contributed by atoms with E-state index in [0.29, 0.717) is 15.8 Å². The summed E-state index contributed by atoms with van der Waals surface area (Å²) in [5.74, 6) is 2.77. The van der Waals surface area contributed by atoms with Gasteiger partial charge in [-0.3, -0.25) is 5.32 Å². The second kappa shape index (κ2) is 7.47. The van der Waals surface area contributed by atoms with Gasteiger partial charge in [0, 0.05) is 16.9 Å². The minimum absolute atomic E-state index is 0.123. The fourth-order valence-electron chi connectivity index (χ4n) is 1.96. The first-order chi connectivity index (χ1) is 11.0. The number of hydrogen-bond acceptors (Lipinski definition) is 4. The monoisotopic (exact) mass is 349 g/mol. The molecule has 5 nitrogen and oxygen atoms in total. The maximum Gasteiger partial charge on any atom is 0.321 e. The third kappa shape index (κ3) is 4.02. The van der Waals surface area contributed by atoms with Crippen LogP contribution in [0.1, 0.15) is 18.2 Å². The van der Waals surface area contributed by atoms with Crippen molar-refractivity contribution in [3.8, 4) is 12.3 Å². The molecule has 0 bridgehead atoms. The first-order valence-electron chi connectivity index (χ1n) is 6.85. The first-order valence-corrected chi connectivity index (χ1v) is 8.11. The van der Waals surface area contributed by atoms with Crippen molar-refractivity contribution >= 4 is 34.1 Å². The predicted octanol–water partition coefficient (Wildman–Crippen LogP) is 2.85. The largest absolute Gasteiger partial charge is 0.395 e. The lowest BCUT2D eigenvalue weighted by Gasteiger charge is -2.22. The average molecular weight is 350 g/mol. The molecule has 120 valence electrons. The van der Waals surface area contributed by atoms with Gasteiger partial charge in [0.25, 0.3) is 0 Å². The Morgan fingerprint density at radius 3 is 2.78 bits per heavy atom. The van der Waals surface area contributed by atoms with Crippen molar-refractivity contribution < 1.29 is 9.90 Å². The van der Waals surface area contributed by atoms with Crippen molar-refractivity contribution in [3.63, 3.8) is 0 Å². The fraction of sp³-hybridized carbons (Fsp3) is 0.250. The van der Waals surface area contributed by atoms with E-state index in [1.807, 2.05) is 24.4 Å². The number of anilines is 1. The fourth-order valence-corrected chi connectivity index (χ4v) is 2.90. The molecule has 1 aromatic carbocycles. The Bertz CT molecular complexity index is 724. The number of terminal acetylenes is 1. The summed E-state index contributed by atoms with van der Waals surface area (Å²) in [4.78, 5) is 16.0. The number of aliphatic hydroxyl groups is 1. The summed E-state index contributed by atoms with van der Waals surface area (Å²) in [5, 5.41) is 16.7. The number of nitrogens with zero attached hydrogens (tertiary/aromatic N) is 1. The van der Waals surface area contributed by atoms with Crippen LogP contribution in [0.25, 0.3) is 0 Å². The van der Waals surface area contributed by atoms with Gasteiger partial charge in [0.05, 0.1) is 17.7 Å². The van der Waals surface area contributed by atoms with E-state index in [2.05, 4.69) is 21.5 Å². The van der Waals surface area contributed by atoms with Crippen LogP contribution in [0.3, 0.4) is 0 Å². The summed E-state index contributed by atoms with van der Waals surface area (Å²) in [6, 6.07) is 6.86. The SMILES string of the molecule is C#C[C@](C)(c1ccc(Cl)cc1)c1csc(NC(=O)NCCO)n1. The lowest BCUT2D eigenvalue weighted by molar-refractivity contribution is 0.245. The third-order valence-corrected chi connectivity index (χ3v) is 4.35. The van der Waals surface area contributed by atoms with Crippen LogP contribution >= 0.6 is 22.9 Å². The molecule has 0 saturated heterocycles. The van der Waals surface area contributed by atoms with Crippen LogP contribution < -0.4 is 10.6 Å². The maximum absolute atomic E-state index is 11.6. The van der Waals surface area contributed by atoms with Crippen LogP contribution in [-0.4, -0.2) is 29.3 Å². The van der Waals surface area contributed by atoms with Gasteiger partial charge in [0.15, 0.2) is 5.13 Å². The van der Waals surface area contributed by atoms with Crippen LogP contribution in [0.2, 0.25) is 5.02 Å². The molecule has 0 aliphatic heterocycles. The Hall–Kier alpha value is -2.07. The number of aliphatic hydroxyl groups excluding tert-OH is 1. The molecule has 2 rings (SSSR count). The molecule has 0 spiro atoms. The summed E-state index contributed by atoms with van der Waals surface area (Å²) in [5.41, 5.74) is 0.846. The van der Waals surface area contributed by atoms with Crippen LogP contribution in [-0.2, 0) is 5.41 Å². The summed E-state index contributed by atoms with van der Waals surface area (Å²) in [6.07, 6.45) is 5.74. The molecule has 7 heteroatoms. The van der Waals surface area contributed by atoms with E-state index in [4.69, 9.17) is 23.1 Å². The molecule has 0 fully saturated rings. The van der Waals surface area contributed by atoms with Gasteiger partial charge < -0.3 is 10.4 Å². The van der Waals surface area contributed by atoms with Crippen LogP contribution in [0.4, 0.5) is 9.93 Å². The van der Waals surface area contributed by atoms with E-state index < -0.39 is 11.4 Å². The van der Waals surface area contributed by atoms with Crippen molar-refractivity contribution in [1.82, 2.24) is 10.3 Å². The molecule has 1 atom stereocenters. The minimum atomic E-state index is -0.720. The van der Waals surface area contributed by atoms with E-state index >= 15 is 0 Å². The van der Waals surface area contributed by atoms with Crippen molar-refractivity contribution in [3.05, 3.63) is 45.9 Å². The smallest absolute Gasteiger partial charge is 0.321 e. The average Bonchev–Trinajstić information content (AvgIpc) is 3.01. The molecule has 0 aliphatic rings. The van der Waals surface area contributed by atoms with Gasteiger partial charge >= 0.3 is 6.03 Å². The molecule has 0 saturated carbocycles. The van der Waals surface area contributed by atoms with Gasteiger partial charge in [-0.1, -0.05) is 29.7 Å². The van der Waals surface area contributed by atoms with Gasteiger partial charge in [0.1, 0.15) is 0 Å². The number of carbonyl (C=O) groups excluding carboxylic acids is 1. The Kier molecular flexibility index (Phi) is 5.61. The number of benzene rings is 1. The van der Waals surface area contributed by atoms with Crippen molar-refractivity contribution in [1.29, 1.82) is 0 Å². The number of amides is 2. The number of thiazole rings is 1. The van der Waals surface area contributed by atoms with E-state index in [0.717, 1.165) is 5.56 Å². The van der Waals surface area contributed by atoms with Crippen LogP contribution in [0.15, 0.2) is 29.6 Å². The second-order valence-electron chi connectivity index (χ2n) is 4.92. The highest BCUT2D eigenvalue weighted by molar-refractivity contribution is 7.14. The van der Waals surface area contributed by atoms with Gasteiger partial charge in [0.2, 0.25) is 0 Å². The predicted molar refractivity (Wildman–Crippen MR) is 93.0 cm³/mol. The third-order valence-electron chi connectivity index (χ3n) is 3.34. The van der Waals surface area contributed by atoms with Gasteiger partial charge in [-0.05, 0) is 24.6 Å². The highest BCUT2D eigenvalue weighted by atomic mass is 35.5. The van der Waals surface area contributed by atoms with Gasteiger partial charge in [-0.15, -0.1) is 17.8 Å².